The van der Waals surface area contributed by atoms with Crippen molar-refractivity contribution in [3.63, 3.8) is 0 Å². The zero-order valence-electron chi connectivity index (χ0n) is 13.8. The molecule has 1 aliphatic rings. The van der Waals surface area contributed by atoms with Gasteiger partial charge in [0.05, 0.1) is 12.2 Å². The van der Waals surface area contributed by atoms with Crippen LogP contribution in [0.2, 0.25) is 0 Å². The van der Waals surface area contributed by atoms with Crippen molar-refractivity contribution < 1.29 is 9.84 Å². The summed E-state index contributed by atoms with van der Waals surface area (Å²) in [6, 6.07) is 10.3. The molecule has 0 amide bonds. The molecule has 0 bridgehead atoms. The van der Waals surface area contributed by atoms with E-state index < -0.39 is 6.10 Å². The van der Waals surface area contributed by atoms with Crippen LogP contribution < -0.4 is 0 Å². The van der Waals surface area contributed by atoms with E-state index in [1.165, 1.54) is 5.56 Å². The molecule has 1 aliphatic heterocycles. The lowest BCUT2D eigenvalue weighted by Crippen LogP contribution is -2.26. The van der Waals surface area contributed by atoms with Crippen molar-refractivity contribution in [1.29, 1.82) is 0 Å². The third-order valence-electron chi connectivity index (χ3n) is 3.99. The number of thioether (sulfide) groups is 1. The fraction of sp³-hybridized carbons (Fsp3) is 0.444. The molecule has 6 heteroatoms. The summed E-state index contributed by atoms with van der Waals surface area (Å²) in [5, 5.41) is 10.8. The number of likely N-dealkylation sites (tertiary alicyclic amines) is 1. The Bertz CT molecular complexity index is 624. The number of ether oxygens (including phenoxy) is 1. The van der Waals surface area contributed by atoms with Gasteiger partial charge in [0.15, 0.2) is 5.16 Å². The van der Waals surface area contributed by atoms with Gasteiger partial charge in [-0.15, -0.1) is 0 Å². The lowest BCUT2D eigenvalue weighted by molar-refractivity contribution is -0.00245. The molecule has 0 spiro atoms. The first-order valence-electron chi connectivity index (χ1n) is 8.24. The third kappa shape index (κ3) is 4.77. The van der Waals surface area contributed by atoms with Gasteiger partial charge >= 0.3 is 0 Å². The first kappa shape index (κ1) is 17.4. The van der Waals surface area contributed by atoms with Crippen molar-refractivity contribution in [1.82, 2.24) is 14.9 Å². The highest BCUT2D eigenvalue weighted by Gasteiger charge is 2.31. The largest absolute Gasteiger partial charge is 0.389 e. The van der Waals surface area contributed by atoms with E-state index in [0.717, 1.165) is 29.6 Å². The molecule has 2 atom stereocenters. The molecule has 1 saturated heterocycles. The van der Waals surface area contributed by atoms with Crippen molar-refractivity contribution in [3.8, 4) is 0 Å². The number of rotatable bonds is 7. The van der Waals surface area contributed by atoms with Gasteiger partial charge in [-0.2, -0.15) is 0 Å². The monoisotopic (exact) mass is 345 g/mol. The molecule has 1 N–H and O–H groups in total. The molecule has 5 nitrogen and oxygen atoms in total. The Morgan fingerprint density at radius 3 is 2.62 bits per heavy atom. The van der Waals surface area contributed by atoms with Gasteiger partial charge in [0.2, 0.25) is 0 Å². The zero-order chi connectivity index (χ0) is 16.8. The first-order chi connectivity index (χ1) is 11.7. The van der Waals surface area contributed by atoms with E-state index in [1.807, 2.05) is 37.5 Å². The van der Waals surface area contributed by atoms with Crippen molar-refractivity contribution in [3.05, 3.63) is 53.9 Å². The normalized spacial score (nSPS) is 21.2. The lowest BCUT2D eigenvalue weighted by atomic mass is 10.2. The summed E-state index contributed by atoms with van der Waals surface area (Å²) >= 11 is 1.64. The maximum atomic E-state index is 9.99. The van der Waals surface area contributed by atoms with E-state index in [0.29, 0.717) is 13.2 Å². The summed E-state index contributed by atoms with van der Waals surface area (Å²) in [6.45, 7) is 4.71. The number of benzene rings is 1. The summed E-state index contributed by atoms with van der Waals surface area (Å²) in [5.41, 5.74) is 2.33. The average Bonchev–Trinajstić information content (AvgIpc) is 2.95. The highest BCUT2D eigenvalue weighted by atomic mass is 32.2. The van der Waals surface area contributed by atoms with Crippen LogP contribution in [0.5, 0.6) is 0 Å². The van der Waals surface area contributed by atoms with Gasteiger partial charge in [-0.3, -0.25) is 4.90 Å². The fourth-order valence-electron chi connectivity index (χ4n) is 2.82. The minimum Gasteiger partial charge on any atom is -0.389 e. The molecule has 2 heterocycles. The van der Waals surface area contributed by atoms with Crippen LogP contribution in [0.25, 0.3) is 0 Å². The van der Waals surface area contributed by atoms with Crippen molar-refractivity contribution >= 4 is 11.8 Å². The van der Waals surface area contributed by atoms with E-state index in [4.69, 9.17) is 4.74 Å². The average molecular weight is 345 g/mol. The summed E-state index contributed by atoms with van der Waals surface area (Å²) in [5.74, 6) is 0.870. The fourth-order valence-corrected chi connectivity index (χ4v) is 3.56. The lowest BCUT2D eigenvalue weighted by Gasteiger charge is -2.15. The Labute approximate surface area is 147 Å². The minimum atomic E-state index is -0.411. The van der Waals surface area contributed by atoms with E-state index >= 15 is 0 Å². The Balaban J connectivity index is 1.50. The van der Waals surface area contributed by atoms with Crippen LogP contribution in [0.4, 0.5) is 0 Å². The quantitative estimate of drug-likeness (QED) is 0.614. The van der Waals surface area contributed by atoms with E-state index in [1.54, 1.807) is 11.8 Å². The summed E-state index contributed by atoms with van der Waals surface area (Å²) in [7, 11) is 0. The standard InChI is InChI=1S/C18H23N3O2S/c1-2-23-17-12-21(11-16(17)22)10-15-8-19-18(20-9-15)24-13-14-6-4-3-5-7-14/h3-9,16-17,22H,2,10-13H2,1H3/t16-,17-/m1/s1. The van der Waals surface area contributed by atoms with Crippen LogP contribution in [-0.4, -0.2) is 51.9 Å². The van der Waals surface area contributed by atoms with Gasteiger partial charge < -0.3 is 9.84 Å². The molecule has 1 aromatic carbocycles. The van der Waals surface area contributed by atoms with Gasteiger partial charge in [0.1, 0.15) is 0 Å². The highest BCUT2D eigenvalue weighted by molar-refractivity contribution is 7.98. The van der Waals surface area contributed by atoms with Crippen LogP contribution in [0.3, 0.4) is 0 Å². The molecule has 128 valence electrons. The number of β-amino-alcohol motifs (C(OH)–C–C–N with tert-alkyl or cyclic N) is 1. The zero-order valence-corrected chi connectivity index (χ0v) is 14.7. The maximum Gasteiger partial charge on any atom is 0.187 e. The second kappa shape index (κ2) is 8.58. The Hall–Kier alpha value is -1.47. The smallest absolute Gasteiger partial charge is 0.187 e. The molecule has 0 saturated carbocycles. The van der Waals surface area contributed by atoms with E-state index in [9.17, 15) is 5.11 Å². The number of aliphatic hydroxyl groups is 1. The summed E-state index contributed by atoms with van der Waals surface area (Å²) in [6.07, 6.45) is 3.25. The van der Waals surface area contributed by atoms with Gasteiger partial charge in [0, 0.05) is 50.0 Å². The maximum absolute atomic E-state index is 9.99. The van der Waals surface area contributed by atoms with Gasteiger partial charge in [-0.05, 0) is 12.5 Å². The van der Waals surface area contributed by atoms with Crippen LogP contribution in [-0.2, 0) is 17.0 Å². The number of hydrogen-bond donors (Lipinski definition) is 1. The predicted octanol–water partition coefficient (Wildman–Crippen LogP) is 2.35. The molecule has 0 aliphatic carbocycles. The number of nitrogens with zero attached hydrogens (tertiary/aromatic N) is 3. The third-order valence-corrected chi connectivity index (χ3v) is 4.94. The number of hydrogen-bond acceptors (Lipinski definition) is 6. The number of aromatic nitrogens is 2. The van der Waals surface area contributed by atoms with Crippen LogP contribution in [0, 0.1) is 0 Å². The molecular formula is C18H23N3O2S. The molecule has 2 aromatic rings. The Morgan fingerprint density at radius 1 is 1.17 bits per heavy atom. The van der Waals surface area contributed by atoms with Crippen molar-refractivity contribution in [2.24, 2.45) is 0 Å². The van der Waals surface area contributed by atoms with Crippen molar-refractivity contribution in [2.75, 3.05) is 19.7 Å². The first-order valence-corrected chi connectivity index (χ1v) is 9.23. The molecule has 1 fully saturated rings. The van der Waals surface area contributed by atoms with Gasteiger partial charge in [0.25, 0.3) is 0 Å². The molecular weight excluding hydrogens is 322 g/mol. The van der Waals surface area contributed by atoms with Gasteiger partial charge in [-0.25, -0.2) is 9.97 Å². The van der Waals surface area contributed by atoms with Crippen LogP contribution >= 0.6 is 11.8 Å². The molecule has 0 unspecified atom stereocenters. The van der Waals surface area contributed by atoms with Crippen LogP contribution in [0.15, 0.2) is 47.9 Å². The van der Waals surface area contributed by atoms with E-state index in [-0.39, 0.29) is 6.10 Å². The SMILES string of the molecule is CCO[C@@H]1CN(Cc2cnc(SCc3ccccc3)nc2)C[C@H]1O. The second-order valence-corrected chi connectivity index (χ2v) is 6.85. The second-order valence-electron chi connectivity index (χ2n) is 5.90. The Morgan fingerprint density at radius 2 is 1.92 bits per heavy atom. The predicted molar refractivity (Wildman–Crippen MR) is 94.7 cm³/mol. The minimum absolute atomic E-state index is 0.0865. The molecule has 3 rings (SSSR count). The van der Waals surface area contributed by atoms with Crippen LogP contribution in [0.1, 0.15) is 18.1 Å². The topological polar surface area (TPSA) is 58.5 Å². The summed E-state index contributed by atoms with van der Waals surface area (Å²) < 4.78 is 5.55. The number of aliphatic hydroxyl groups excluding tert-OH is 1. The Kier molecular flexibility index (Phi) is 6.20. The highest BCUT2D eigenvalue weighted by Crippen LogP contribution is 2.20. The molecule has 0 radical (unpaired) electrons. The van der Waals surface area contributed by atoms with Crippen molar-refractivity contribution in [2.45, 2.75) is 36.6 Å². The summed E-state index contributed by atoms with van der Waals surface area (Å²) in [4.78, 5) is 11.1. The van der Waals surface area contributed by atoms with Gasteiger partial charge in [-0.1, -0.05) is 42.1 Å². The molecule has 1 aromatic heterocycles. The molecule has 24 heavy (non-hydrogen) atoms. The van der Waals surface area contributed by atoms with E-state index in [2.05, 4.69) is 27.0 Å².